The molecule has 1 aliphatic rings. The van der Waals surface area contributed by atoms with Crippen LogP contribution in [0.3, 0.4) is 0 Å². The van der Waals surface area contributed by atoms with Crippen molar-refractivity contribution in [3.63, 3.8) is 0 Å². The van der Waals surface area contributed by atoms with Crippen LogP contribution in [0, 0.1) is 5.92 Å². The first-order valence-electron chi connectivity index (χ1n) is 7.28. The number of carbonyl (C=O) groups excluding carboxylic acids is 4. The maximum Gasteiger partial charge on any atom is 0.226 e. The van der Waals surface area contributed by atoms with Gasteiger partial charge in [-0.25, -0.2) is 0 Å². The molecule has 1 aromatic rings. The van der Waals surface area contributed by atoms with E-state index in [4.69, 9.17) is 0 Å². The third-order valence-corrected chi connectivity index (χ3v) is 4.03. The highest BCUT2D eigenvalue weighted by Crippen LogP contribution is 2.17. The molecule has 1 fully saturated rings. The van der Waals surface area contributed by atoms with E-state index >= 15 is 0 Å². The summed E-state index contributed by atoms with van der Waals surface area (Å²) in [6.45, 7) is -0.0538. The Morgan fingerprint density at radius 3 is 2.35 bits per heavy atom. The third kappa shape index (κ3) is 5.94. The molecule has 7 heteroatoms. The molecule has 0 aromatic heterocycles. The number of ketones is 1. The highest BCUT2D eigenvalue weighted by Gasteiger charge is 2.26. The van der Waals surface area contributed by atoms with Crippen molar-refractivity contribution in [3.8, 4) is 0 Å². The van der Waals surface area contributed by atoms with Crippen molar-refractivity contribution in [2.24, 2.45) is 5.92 Å². The number of rotatable bonds is 6. The van der Waals surface area contributed by atoms with Gasteiger partial charge in [-0.05, 0) is 23.6 Å². The van der Waals surface area contributed by atoms with Crippen LogP contribution in [0.5, 0.6) is 0 Å². The SMILES string of the molecule is O=C(CNC(=O)CC1CC(=O)NC(=O)C1)Cc1ccc(Br)cc1. The number of halogens is 1. The van der Waals surface area contributed by atoms with Crippen LogP contribution >= 0.6 is 15.9 Å². The van der Waals surface area contributed by atoms with E-state index in [0.29, 0.717) is 0 Å². The van der Waals surface area contributed by atoms with Gasteiger partial charge in [-0.1, -0.05) is 28.1 Å². The summed E-state index contributed by atoms with van der Waals surface area (Å²) < 4.78 is 0.938. The first kappa shape index (κ1) is 17.3. The van der Waals surface area contributed by atoms with Crippen LogP contribution in [0.4, 0.5) is 0 Å². The summed E-state index contributed by atoms with van der Waals surface area (Å²) in [6, 6.07) is 7.39. The molecular formula is C16H17BrN2O4. The fourth-order valence-electron chi connectivity index (χ4n) is 2.42. The van der Waals surface area contributed by atoms with Gasteiger partial charge in [-0.15, -0.1) is 0 Å². The van der Waals surface area contributed by atoms with Crippen molar-refractivity contribution < 1.29 is 19.2 Å². The minimum atomic E-state index is -0.356. The molecule has 1 aromatic carbocycles. The van der Waals surface area contributed by atoms with E-state index in [9.17, 15) is 19.2 Å². The Bertz CT molecular complexity index is 611. The zero-order valence-electron chi connectivity index (χ0n) is 12.4. The molecule has 0 aliphatic carbocycles. The van der Waals surface area contributed by atoms with E-state index in [1.54, 1.807) is 0 Å². The van der Waals surface area contributed by atoms with Gasteiger partial charge in [0.25, 0.3) is 0 Å². The van der Waals surface area contributed by atoms with E-state index in [2.05, 4.69) is 26.6 Å². The minimum absolute atomic E-state index is 0.0538. The second-order valence-corrected chi connectivity index (χ2v) is 6.48. The second-order valence-electron chi connectivity index (χ2n) is 5.57. The van der Waals surface area contributed by atoms with Crippen LogP contribution in [0.2, 0.25) is 0 Å². The Hall–Kier alpha value is -2.02. The van der Waals surface area contributed by atoms with Gasteiger partial charge >= 0.3 is 0 Å². The van der Waals surface area contributed by atoms with E-state index in [-0.39, 0.29) is 61.7 Å². The molecule has 3 amide bonds. The fraction of sp³-hybridized carbons (Fsp3) is 0.375. The number of nitrogens with one attached hydrogen (secondary N) is 2. The number of carbonyl (C=O) groups is 4. The van der Waals surface area contributed by atoms with Crippen molar-refractivity contribution in [1.29, 1.82) is 0 Å². The summed E-state index contributed by atoms with van der Waals surface area (Å²) >= 11 is 3.32. The van der Waals surface area contributed by atoms with Crippen LogP contribution in [0.25, 0.3) is 0 Å². The van der Waals surface area contributed by atoms with Crippen molar-refractivity contribution in [2.75, 3.05) is 6.54 Å². The molecular weight excluding hydrogens is 364 g/mol. The van der Waals surface area contributed by atoms with E-state index in [1.165, 1.54) is 0 Å². The Morgan fingerprint density at radius 1 is 1.13 bits per heavy atom. The van der Waals surface area contributed by atoms with Gasteiger partial charge in [0, 0.05) is 30.2 Å². The number of Topliss-reactive ketones (excluding diaryl/α,β-unsaturated/α-hetero) is 1. The van der Waals surface area contributed by atoms with E-state index in [0.717, 1.165) is 10.0 Å². The van der Waals surface area contributed by atoms with Gasteiger partial charge in [0.15, 0.2) is 5.78 Å². The molecule has 2 N–H and O–H groups in total. The molecule has 6 nitrogen and oxygen atoms in total. The van der Waals surface area contributed by atoms with Gasteiger partial charge in [-0.3, -0.25) is 24.5 Å². The van der Waals surface area contributed by atoms with Crippen LogP contribution in [0.15, 0.2) is 28.7 Å². The quantitative estimate of drug-likeness (QED) is 0.723. The lowest BCUT2D eigenvalue weighted by atomic mass is 9.93. The molecule has 0 radical (unpaired) electrons. The first-order chi connectivity index (χ1) is 10.9. The number of piperidine rings is 1. The Labute approximate surface area is 142 Å². The lowest BCUT2D eigenvalue weighted by Crippen LogP contribution is -2.40. The molecule has 1 aliphatic heterocycles. The van der Waals surface area contributed by atoms with Gasteiger partial charge in [-0.2, -0.15) is 0 Å². The summed E-state index contributed by atoms with van der Waals surface area (Å²) in [6.07, 6.45) is 0.639. The van der Waals surface area contributed by atoms with Crippen LogP contribution in [-0.2, 0) is 25.6 Å². The van der Waals surface area contributed by atoms with Crippen molar-refractivity contribution in [1.82, 2.24) is 10.6 Å². The normalized spacial score (nSPS) is 15.2. The largest absolute Gasteiger partial charge is 0.349 e. The predicted octanol–water partition coefficient (Wildman–Crippen LogP) is 1.12. The number of benzene rings is 1. The standard InChI is InChI=1S/C16H17BrN2O4/c17-12-3-1-10(2-4-12)5-13(20)9-18-14(21)6-11-7-15(22)19-16(23)8-11/h1-4,11H,5-9H2,(H,18,21)(H,19,22,23). The Morgan fingerprint density at radius 2 is 1.74 bits per heavy atom. The molecule has 0 unspecified atom stereocenters. The monoisotopic (exact) mass is 380 g/mol. The van der Waals surface area contributed by atoms with Crippen molar-refractivity contribution in [3.05, 3.63) is 34.3 Å². The average molecular weight is 381 g/mol. The van der Waals surface area contributed by atoms with Crippen molar-refractivity contribution >= 4 is 39.4 Å². The highest BCUT2D eigenvalue weighted by molar-refractivity contribution is 9.10. The summed E-state index contributed by atoms with van der Waals surface area (Å²) in [5, 5.41) is 4.75. The van der Waals surface area contributed by atoms with Crippen molar-refractivity contribution in [2.45, 2.75) is 25.7 Å². The summed E-state index contributed by atoms with van der Waals surface area (Å²) in [4.78, 5) is 46.1. The van der Waals surface area contributed by atoms with Gasteiger partial charge in [0.2, 0.25) is 17.7 Å². The maximum absolute atomic E-state index is 11.9. The van der Waals surface area contributed by atoms with Gasteiger partial charge < -0.3 is 5.32 Å². The molecule has 0 spiro atoms. The fourth-order valence-corrected chi connectivity index (χ4v) is 2.69. The highest BCUT2D eigenvalue weighted by atomic mass is 79.9. The minimum Gasteiger partial charge on any atom is -0.349 e. The number of imide groups is 1. The van der Waals surface area contributed by atoms with Crippen LogP contribution in [-0.4, -0.2) is 30.0 Å². The summed E-state index contributed by atoms with van der Waals surface area (Å²) in [5.74, 6) is -1.42. The molecule has 0 bridgehead atoms. The number of hydrogen-bond donors (Lipinski definition) is 2. The smallest absolute Gasteiger partial charge is 0.226 e. The molecule has 0 atom stereocenters. The second kappa shape index (κ2) is 8.01. The number of amides is 3. The maximum atomic E-state index is 11.9. The number of hydrogen-bond acceptors (Lipinski definition) is 4. The van der Waals surface area contributed by atoms with E-state index in [1.807, 2.05) is 24.3 Å². The molecule has 122 valence electrons. The van der Waals surface area contributed by atoms with E-state index < -0.39 is 0 Å². The molecule has 1 saturated heterocycles. The average Bonchev–Trinajstić information content (AvgIpc) is 2.46. The van der Waals surface area contributed by atoms with Gasteiger partial charge in [0.1, 0.15) is 0 Å². The Balaban J connectivity index is 1.73. The predicted molar refractivity (Wildman–Crippen MR) is 86.4 cm³/mol. The lowest BCUT2D eigenvalue weighted by molar-refractivity contribution is -0.135. The first-order valence-corrected chi connectivity index (χ1v) is 8.07. The lowest BCUT2D eigenvalue weighted by Gasteiger charge is -2.20. The van der Waals surface area contributed by atoms with Gasteiger partial charge in [0.05, 0.1) is 6.54 Å². The van der Waals surface area contributed by atoms with Crippen LogP contribution < -0.4 is 10.6 Å². The topological polar surface area (TPSA) is 92.3 Å². The zero-order valence-corrected chi connectivity index (χ0v) is 14.0. The molecule has 1 heterocycles. The Kier molecular flexibility index (Phi) is 6.04. The molecule has 2 rings (SSSR count). The summed E-state index contributed by atoms with van der Waals surface area (Å²) in [5.41, 5.74) is 0.877. The molecule has 23 heavy (non-hydrogen) atoms. The van der Waals surface area contributed by atoms with Crippen LogP contribution in [0.1, 0.15) is 24.8 Å². The third-order valence-electron chi connectivity index (χ3n) is 3.50. The zero-order chi connectivity index (χ0) is 16.8. The molecule has 0 saturated carbocycles. The summed E-state index contributed by atoms with van der Waals surface area (Å²) in [7, 11) is 0.